The minimum Gasteiger partial charge on any atom is -0.449 e. The van der Waals surface area contributed by atoms with Crippen molar-refractivity contribution in [3.05, 3.63) is 22.6 Å². The van der Waals surface area contributed by atoms with Crippen LogP contribution in [0.25, 0.3) is 0 Å². The molecule has 1 aromatic rings. The Morgan fingerprint density at radius 3 is 2.67 bits per heavy atom. The molecule has 66 valence electrons. The predicted octanol–water partition coefficient (Wildman–Crippen LogP) is 1.77. The van der Waals surface area contributed by atoms with Crippen molar-refractivity contribution in [2.75, 3.05) is 0 Å². The van der Waals surface area contributed by atoms with E-state index in [4.69, 9.17) is 21.8 Å². The van der Waals surface area contributed by atoms with E-state index in [-0.39, 0.29) is 11.0 Å². The second-order valence-corrected chi connectivity index (χ2v) is 3.05. The lowest BCUT2D eigenvalue weighted by Crippen LogP contribution is -2.26. The monoisotopic (exact) mass is 187 g/mol. The average molecular weight is 188 g/mol. The molecule has 3 nitrogen and oxygen atoms in total. The Bertz CT molecular complexity index is 304. The second-order valence-electron chi connectivity index (χ2n) is 2.67. The molecule has 0 fully saturated rings. The fourth-order valence-electron chi connectivity index (χ4n) is 0.936. The molecule has 0 bridgehead atoms. The molecule has 0 aromatic carbocycles. The van der Waals surface area contributed by atoms with Crippen LogP contribution in [0, 0.1) is 6.92 Å². The highest BCUT2D eigenvalue weighted by molar-refractivity contribution is 6.29. The van der Waals surface area contributed by atoms with E-state index < -0.39 is 6.04 Å². The smallest absolute Gasteiger partial charge is 0.194 e. The SMILES string of the molecule is Cc1oc(Cl)cc1C(=O)C(C)N. The number of hydrogen-bond acceptors (Lipinski definition) is 3. The molecule has 12 heavy (non-hydrogen) atoms. The van der Waals surface area contributed by atoms with Crippen LogP contribution >= 0.6 is 11.6 Å². The summed E-state index contributed by atoms with van der Waals surface area (Å²) in [5, 5.41) is 0.219. The van der Waals surface area contributed by atoms with Gasteiger partial charge in [-0.15, -0.1) is 0 Å². The van der Waals surface area contributed by atoms with Crippen molar-refractivity contribution in [1.82, 2.24) is 0 Å². The Balaban J connectivity index is 3.02. The van der Waals surface area contributed by atoms with Gasteiger partial charge < -0.3 is 10.2 Å². The zero-order valence-electron chi connectivity index (χ0n) is 6.93. The number of nitrogens with two attached hydrogens (primary N) is 1. The number of ketones is 1. The van der Waals surface area contributed by atoms with E-state index in [0.29, 0.717) is 11.3 Å². The van der Waals surface area contributed by atoms with Crippen LogP contribution in [0.15, 0.2) is 10.5 Å². The number of aryl methyl sites for hydroxylation is 1. The molecule has 4 heteroatoms. The minimum absolute atomic E-state index is 0.150. The standard InChI is InChI=1S/C8H10ClNO2/c1-4(10)8(11)6-3-7(9)12-5(6)2/h3-4H,10H2,1-2H3. The van der Waals surface area contributed by atoms with E-state index in [1.165, 1.54) is 6.07 Å². The van der Waals surface area contributed by atoms with E-state index in [9.17, 15) is 4.79 Å². The quantitative estimate of drug-likeness (QED) is 0.718. The van der Waals surface area contributed by atoms with Crippen molar-refractivity contribution < 1.29 is 9.21 Å². The molecule has 2 N–H and O–H groups in total. The first-order valence-corrected chi connectivity index (χ1v) is 3.96. The van der Waals surface area contributed by atoms with E-state index in [2.05, 4.69) is 0 Å². The van der Waals surface area contributed by atoms with Crippen molar-refractivity contribution >= 4 is 17.4 Å². The third-order valence-corrected chi connectivity index (χ3v) is 1.75. The molecule has 0 aliphatic heterocycles. The van der Waals surface area contributed by atoms with Crippen molar-refractivity contribution in [3.63, 3.8) is 0 Å². The predicted molar refractivity (Wildman–Crippen MR) is 46.4 cm³/mol. The maximum Gasteiger partial charge on any atom is 0.194 e. The number of carbonyl (C=O) groups is 1. The molecule has 0 saturated carbocycles. The molecule has 0 saturated heterocycles. The van der Waals surface area contributed by atoms with E-state index in [1.54, 1.807) is 13.8 Å². The van der Waals surface area contributed by atoms with Gasteiger partial charge in [0.25, 0.3) is 0 Å². The van der Waals surface area contributed by atoms with Crippen molar-refractivity contribution in [3.8, 4) is 0 Å². The first kappa shape index (κ1) is 9.29. The molecule has 1 atom stereocenters. The van der Waals surface area contributed by atoms with Gasteiger partial charge in [-0.1, -0.05) is 0 Å². The number of halogens is 1. The molecule has 1 heterocycles. The summed E-state index contributed by atoms with van der Waals surface area (Å²) in [6.07, 6.45) is 0. The number of rotatable bonds is 2. The largest absolute Gasteiger partial charge is 0.449 e. The normalized spacial score (nSPS) is 13.0. The first-order chi connectivity index (χ1) is 5.52. The summed E-state index contributed by atoms with van der Waals surface area (Å²) in [5.41, 5.74) is 5.88. The van der Waals surface area contributed by atoms with Crippen LogP contribution in [0.3, 0.4) is 0 Å². The molecular weight excluding hydrogens is 178 g/mol. The second kappa shape index (κ2) is 3.29. The number of Topliss-reactive ketones (excluding diaryl/α,β-unsaturated/α-hetero) is 1. The molecule has 0 aliphatic rings. The van der Waals surface area contributed by atoms with Crippen LogP contribution in [-0.2, 0) is 0 Å². The average Bonchev–Trinajstić information content (AvgIpc) is 2.28. The number of hydrogen-bond donors (Lipinski definition) is 1. The molecule has 1 aromatic heterocycles. The highest BCUT2D eigenvalue weighted by Crippen LogP contribution is 2.19. The van der Waals surface area contributed by atoms with Gasteiger partial charge in [0, 0.05) is 6.07 Å². The number of furan rings is 1. The molecular formula is C8H10ClNO2. The Labute approximate surface area is 75.5 Å². The van der Waals surface area contributed by atoms with E-state index in [1.807, 2.05) is 0 Å². The molecule has 0 radical (unpaired) electrons. The summed E-state index contributed by atoms with van der Waals surface area (Å²) in [5.74, 6) is 0.366. The summed E-state index contributed by atoms with van der Waals surface area (Å²) in [7, 11) is 0. The molecule has 0 amide bonds. The zero-order chi connectivity index (χ0) is 9.30. The van der Waals surface area contributed by atoms with Gasteiger partial charge in [-0.2, -0.15) is 0 Å². The van der Waals surface area contributed by atoms with Crippen LogP contribution in [0.4, 0.5) is 0 Å². The van der Waals surface area contributed by atoms with Crippen LogP contribution in [0.5, 0.6) is 0 Å². The first-order valence-electron chi connectivity index (χ1n) is 3.58. The van der Waals surface area contributed by atoms with Gasteiger partial charge in [-0.3, -0.25) is 4.79 Å². The third-order valence-electron chi connectivity index (χ3n) is 1.57. The van der Waals surface area contributed by atoms with Gasteiger partial charge in [-0.25, -0.2) is 0 Å². The molecule has 0 spiro atoms. The summed E-state index contributed by atoms with van der Waals surface area (Å²) in [6, 6.07) is 0.972. The van der Waals surface area contributed by atoms with Crippen LogP contribution < -0.4 is 5.73 Å². The van der Waals surface area contributed by atoms with E-state index >= 15 is 0 Å². The van der Waals surface area contributed by atoms with Crippen molar-refractivity contribution in [2.45, 2.75) is 19.9 Å². The third kappa shape index (κ3) is 1.68. The summed E-state index contributed by atoms with van der Waals surface area (Å²) in [6.45, 7) is 3.31. The minimum atomic E-state index is -0.516. The van der Waals surface area contributed by atoms with Gasteiger partial charge in [0.1, 0.15) is 5.76 Å². The Kier molecular flexibility index (Phi) is 2.55. The maximum absolute atomic E-state index is 11.3. The molecule has 0 aliphatic carbocycles. The summed E-state index contributed by atoms with van der Waals surface area (Å²) in [4.78, 5) is 11.3. The summed E-state index contributed by atoms with van der Waals surface area (Å²) < 4.78 is 4.97. The van der Waals surface area contributed by atoms with Gasteiger partial charge in [0.05, 0.1) is 11.6 Å². The van der Waals surface area contributed by atoms with Crippen LogP contribution in [0.1, 0.15) is 23.0 Å². The van der Waals surface area contributed by atoms with Gasteiger partial charge in [0.2, 0.25) is 0 Å². The maximum atomic E-state index is 11.3. The summed E-state index contributed by atoms with van der Waals surface area (Å²) >= 11 is 5.55. The Hall–Kier alpha value is -0.800. The van der Waals surface area contributed by atoms with Gasteiger partial charge >= 0.3 is 0 Å². The van der Waals surface area contributed by atoms with E-state index in [0.717, 1.165) is 0 Å². The van der Waals surface area contributed by atoms with Crippen molar-refractivity contribution in [1.29, 1.82) is 0 Å². The highest BCUT2D eigenvalue weighted by atomic mass is 35.5. The Morgan fingerprint density at radius 1 is 1.75 bits per heavy atom. The molecule has 1 rings (SSSR count). The van der Waals surface area contributed by atoms with Crippen LogP contribution in [-0.4, -0.2) is 11.8 Å². The zero-order valence-corrected chi connectivity index (χ0v) is 7.68. The van der Waals surface area contributed by atoms with Gasteiger partial charge in [0.15, 0.2) is 11.0 Å². The topological polar surface area (TPSA) is 56.2 Å². The molecule has 1 unspecified atom stereocenters. The van der Waals surface area contributed by atoms with Crippen molar-refractivity contribution in [2.24, 2.45) is 5.73 Å². The fourth-order valence-corrected chi connectivity index (χ4v) is 1.16. The lowest BCUT2D eigenvalue weighted by molar-refractivity contribution is 0.0966. The van der Waals surface area contributed by atoms with Gasteiger partial charge in [-0.05, 0) is 25.4 Å². The van der Waals surface area contributed by atoms with Crippen LogP contribution in [0.2, 0.25) is 5.22 Å². The Morgan fingerprint density at radius 2 is 2.33 bits per heavy atom. The lowest BCUT2D eigenvalue weighted by Gasteiger charge is -2.00. The number of carbonyl (C=O) groups excluding carboxylic acids is 1. The fraction of sp³-hybridized carbons (Fsp3) is 0.375. The highest BCUT2D eigenvalue weighted by Gasteiger charge is 2.16. The lowest BCUT2D eigenvalue weighted by atomic mass is 10.1.